The van der Waals surface area contributed by atoms with Crippen LogP contribution in [0.5, 0.6) is 0 Å². The zero-order chi connectivity index (χ0) is 24.7. The number of rotatable bonds is 6. The standard InChI is InChI=1S/C25H24Cl2N4O3S/c1-14(2)22-16(21(29-34-22)20-17(26)6-4-7-18(20)27)13-30-9-11-31(12-10-30)25-28-19-8-3-5-15(24(32)33)23(19)35-25/h3-8,14H,9-13H2,1-2H3,(H,32,33). The Morgan fingerprint density at radius 1 is 1.11 bits per heavy atom. The first-order valence-corrected chi connectivity index (χ1v) is 12.9. The van der Waals surface area contributed by atoms with E-state index in [1.165, 1.54) is 11.3 Å². The van der Waals surface area contributed by atoms with E-state index in [-0.39, 0.29) is 5.92 Å². The first-order valence-electron chi connectivity index (χ1n) is 11.4. The number of nitrogens with zero attached hydrogens (tertiary/aromatic N) is 4. The lowest BCUT2D eigenvalue weighted by molar-refractivity contribution is 0.0699. The Kier molecular flexibility index (Phi) is 6.72. The monoisotopic (exact) mass is 530 g/mol. The molecule has 7 nitrogen and oxygen atoms in total. The molecule has 2 aromatic heterocycles. The lowest BCUT2D eigenvalue weighted by Gasteiger charge is -2.34. The molecule has 1 aliphatic rings. The number of hydrogen-bond acceptors (Lipinski definition) is 7. The zero-order valence-corrected chi connectivity index (χ0v) is 21.6. The third-order valence-electron chi connectivity index (χ3n) is 6.20. The van der Waals surface area contributed by atoms with Gasteiger partial charge in [-0.25, -0.2) is 9.78 Å². The van der Waals surface area contributed by atoms with Crippen LogP contribution in [0.2, 0.25) is 10.0 Å². The molecule has 182 valence electrons. The lowest BCUT2D eigenvalue weighted by Crippen LogP contribution is -2.46. The number of thiazole rings is 1. The van der Waals surface area contributed by atoms with Crippen molar-refractivity contribution in [2.75, 3.05) is 31.1 Å². The van der Waals surface area contributed by atoms with Crippen molar-refractivity contribution in [3.8, 4) is 11.3 Å². The summed E-state index contributed by atoms with van der Waals surface area (Å²) in [7, 11) is 0. The maximum Gasteiger partial charge on any atom is 0.337 e. The molecule has 1 saturated heterocycles. The van der Waals surface area contributed by atoms with Gasteiger partial charge in [0, 0.05) is 49.8 Å². The van der Waals surface area contributed by atoms with Crippen molar-refractivity contribution in [2.24, 2.45) is 0 Å². The molecule has 0 aliphatic carbocycles. The molecule has 0 unspecified atom stereocenters. The number of carboxylic acid groups (broad SMARTS) is 1. The van der Waals surface area contributed by atoms with Crippen molar-refractivity contribution in [3.05, 3.63) is 63.3 Å². The van der Waals surface area contributed by atoms with Gasteiger partial charge < -0.3 is 14.5 Å². The SMILES string of the molecule is CC(C)c1onc(-c2c(Cl)cccc2Cl)c1CN1CCN(c2nc3cccc(C(=O)O)c3s2)CC1. The van der Waals surface area contributed by atoms with Gasteiger partial charge in [-0.1, -0.05) is 65.7 Å². The molecule has 0 spiro atoms. The van der Waals surface area contributed by atoms with E-state index >= 15 is 0 Å². The van der Waals surface area contributed by atoms with E-state index in [1.807, 2.05) is 24.3 Å². The average molecular weight is 531 g/mol. The number of anilines is 1. The minimum atomic E-state index is -0.931. The van der Waals surface area contributed by atoms with Gasteiger partial charge in [-0.05, 0) is 24.3 Å². The minimum Gasteiger partial charge on any atom is -0.478 e. The summed E-state index contributed by atoms with van der Waals surface area (Å²) >= 11 is 14.4. The van der Waals surface area contributed by atoms with Gasteiger partial charge in [0.25, 0.3) is 0 Å². The number of aromatic carboxylic acids is 1. The van der Waals surface area contributed by atoms with Crippen LogP contribution >= 0.6 is 34.5 Å². The highest BCUT2D eigenvalue weighted by atomic mass is 35.5. The van der Waals surface area contributed by atoms with Crippen LogP contribution in [0.25, 0.3) is 21.5 Å². The molecule has 5 rings (SSSR count). The van der Waals surface area contributed by atoms with Crippen molar-refractivity contribution in [1.82, 2.24) is 15.0 Å². The van der Waals surface area contributed by atoms with E-state index in [2.05, 4.69) is 28.8 Å². The number of halogens is 2. The van der Waals surface area contributed by atoms with E-state index in [0.717, 1.165) is 48.2 Å². The summed E-state index contributed by atoms with van der Waals surface area (Å²) in [5.41, 5.74) is 3.42. The minimum absolute atomic E-state index is 0.167. The maximum atomic E-state index is 11.6. The van der Waals surface area contributed by atoms with E-state index in [0.29, 0.717) is 38.1 Å². The Balaban J connectivity index is 1.36. The van der Waals surface area contributed by atoms with Crippen molar-refractivity contribution in [2.45, 2.75) is 26.3 Å². The summed E-state index contributed by atoms with van der Waals surface area (Å²) in [5.74, 6) is 0.0745. The van der Waals surface area contributed by atoms with Gasteiger partial charge in [0.15, 0.2) is 5.13 Å². The van der Waals surface area contributed by atoms with Crippen LogP contribution in [0.15, 0.2) is 40.9 Å². The van der Waals surface area contributed by atoms with Crippen LogP contribution < -0.4 is 4.90 Å². The summed E-state index contributed by atoms with van der Waals surface area (Å²) in [6.45, 7) is 8.04. The fourth-order valence-corrected chi connectivity index (χ4v) is 6.11. The summed E-state index contributed by atoms with van der Waals surface area (Å²) in [6, 6.07) is 10.7. The second kappa shape index (κ2) is 9.78. The van der Waals surface area contributed by atoms with E-state index in [4.69, 9.17) is 32.7 Å². The molecule has 0 atom stereocenters. The molecule has 3 heterocycles. The Labute approximate surface area is 216 Å². The topological polar surface area (TPSA) is 82.7 Å². The molecule has 10 heteroatoms. The van der Waals surface area contributed by atoms with E-state index in [9.17, 15) is 9.90 Å². The number of carbonyl (C=O) groups is 1. The second-order valence-corrected chi connectivity index (χ2v) is 10.6. The highest BCUT2D eigenvalue weighted by molar-refractivity contribution is 7.22. The number of benzene rings is 2. The molecule has 1 fully saturated rings. The van der Waals surface area contributed by atoms with Crippen LogP contribution in [0, 0.1) is 0 Å². The summed E-state index contributed by atoms with van der Waals surface area (Å²) in [5, 5.41) is 15.8. The fraction of sp³-hybridized carbons (Fsp3) is 0.320. The van der Waals surface area contributed by atoms with Crippen LogP contribution in [0.3, 0.4) is 0 Å². The normalized spacial score (nSPS) is 14.8. The van der Waals surface area contributed by atoms with Crippen molar-refractivity contribution in [1.29, 1.82) is 0 Å². The largest absolute Gasteiger partial charge is 0.478 e. The quantitative estimate of drug-likeness (QED) is 0.308. The summed E-state index contributed by atoms with van der Waals surface area (Å²) in [4.78, 5) is 20.8. The highest BCUT2D eigenvalue weighted by Crippen LogP contribution is 2.39. The van der Waals surface area contributed by atoms with Gasteiger partial charge in [-0.3, -0.25) is 4.90 Å². The van der Waals surface area contributed by atoms with E-state index < -0.39 is 5.97 Å². The van der Waals surface area contributed by atoms with Gasteiger partial charge in [0.2, 0.25) is 0 Å². The predicted molar refractivity (Wildman–Crippen MR) is 140 cm³/mol. The Bertz CT molecular complexity index is 1370. The fourth-order valence-electron chi connectivity index (χ4n) is 4.41. The number of aromatic nitrogens is 2. The molecular weight excluding hydrogens is 507 g/mol. The number of carboxylic acids is 1. The number of hydrogen-bond donors (Lipinski definition) is 1. The van der Waals surface area contributed by atoms with Gasteiger partial charge >= 0.3 is 5.97 Å². The second-order valence-electron chi connectivity index (χ2n) is 8.84. The Morgan fingerprint density at radius 3 is 2.46 bits per heavy atom. The molecule has 2 aromatic carbocycles. The molecule has 35 heavy (non-hydrogen) atoms. The molecular formula is C25H24Cl2N4O3S. The molecule has 0 bridgehead atoms. The molecule has 1 aliphatic heterocycles. The zero-order valence-electron chi connectivity index (χ0n) is 19.3. The smallest absolute Gasteiger partial charge is 0.337 e. The summed E-state index contributed by atoms with van der Waals surface area (Å²) in [6.07, 6.45) is 0. The van der Waals surface area contributed by atoms with Crippen LogP contribution in [0.4, 0.5) is 5.13 Å². The van der Waals surface area contributed by atoms with Crippen molar-refractivity contribution < 1.29 is 14.4 Å². The van der Waals surface area contributed by atoms with Gasteiger partial charge in [-0.15, -0.1) is 0 Å². The van der Waals surface area contributed by atoms with Crippen LogP contribution in [0.1, 0.15) is 41.4 Å². The Hall–Kier alpha value is -2.65. The average Bonchev–Trinajstić information content (AvgIpc) is 3.44. The first kappa shape index (κ1) is 24.1. The van der Waals surface area contributed by atoms with E-state index in [1.54, 1.807) is 12.1 Å². The van der Waals surface area contributed by atoms with Gasteiger partial charge in [0.1, 0.15) is 11.5 Å². The van der Waals surface area contributed by atoms with Gasteiger partial charge in [-0.2, -0.15) is 0 Å². The third-order valence-corrected chi connectivity index (χ3v) is 8.00. The van der Waals surface area contributed by atoms with Crippen molar-refractivity contribution >= 4 is 55.9 Å². The van der Waals surface area contributed by atoms with Crippen LogP contribution in [-0.2, 0) is 6.54 Å². The lowest BCUT2D eigenvalue weighted by atomic mass is 10.00. The molecule has 4 aromatic rings. The third kappa shape index (κ3) is 4.63. The first-order chi connectivity index (χ1) is 16.8. The van der Waals surface area contributed by atoms with Gasteiger partial charge in [0.05, 0.1) is 25.8 Å². The van der Waals surface area contributed by atoms with Crippen molar-refractivity contribution in [3.63, 3.8) is 0 Å². The maximum absolute atomic E-state index is 11.6. The predicted octanol–water partition coefficient (Wildman–Crippen LogP) is 6.40. The highest BCUT2D eigenvalue weighted by Gasteiger charge is 2.27. The number of piperazine rings is 1. The molecule has 0 amide bonds. The summed E-state index contributed by atoms with van der Waals surface area (Å²) < 4.78 is 6.47. The molecule has 1 N–H and O–H groups in total. The Morgan fingerprint density at radius 2 is 1.80 bits per heavy atom. The van der Waals surface area contributed by atoms with Crippen LogP contribution in [-0.4, -0.2) is 52.3 Å². The molecule has 0 saturated carbocycles. The molecule has 0 radical (unpaired) electrons. The number of fused-ring (bicyclic) bond motifs is 1.